The van der Waals surface area contributed by atoms with Crippen molar-refractivity contribution in [2.24, 2.45) is 0 Å². The Morgan fingerprint density at radius 3 is 0.956 bits per heavy atom. The van der Waals surface area contributed by atoms with Gasteiger partial charge in [-0.15, -0.1) is 0 Å². The zero-order valence-electron chi connectivity index (χ0n) is 25.1. The third kappa shape index (κ3) is 7.37. The summed E-state index contributed by atoms with van der Waals surface area (Å²) < 4.78 is 24.2. The first kappa shape index (κ1) is 29.2. The summed E-state index contributed by atoms with van der Waals surface area (Å²) in [5.41, 5.74) is 15.4. The lowest BCUT2D eigenvalue weighted by molar-refractivity contribution is 0.460. The minimum atomic E-state index is -0.265. The van der Waals surface area contributed by atoms with Gasteiger partial charge in [0, 0.05) is 53.2 Å². The number of ether oxygens (including phenoxy) is 4. The van der Waals surface area contributed by atoms with E-state index < -0.39 is 0 Å². The molecule has 0 spiro atoms. The molecule has 0 atom stereocenters. The molecule has 6 nitrogen and oxygen atoms in total. The first-order valence-corrected chi connectivity index (χ1v) is 14.6. The van der Waals surface area contributed by atoms with Crippen molar-refractivity contribution in [3.63, 3.8) is 0 Å². The molecule has 0 saturated carbocycles. The summed E-state index contributed by atoms with van der Waals surface area (Å²) in [6.45, 7) is 4.38. The molecule has 224 valence electrons. The van der Waals surface area contributed by atoms with Gasteiger partial charge in [-0.2, -0.15) is 0 Å². The van der Waals surface area contributed by atoms with Crippen LogP contribution in [0.15, 0.2) is 146 Å². The maximum atomic E-state index is 6.14. The van der Waals surface area contributed by atoms with E-state index >= 15 is 0 Å². The van der Waals surface area contributed by atoms with E-state index in [9.17, 15) is 0 Å². The van der Waals surface area contributed by atoms with Crippen LogP contribution in [0.3, 0.4) is 0 Å². The zero-order chi connectivity index (χ0) is 31.2. The Morgan fingerprint density at radius 2 is 0.644 bits per heavy atom. The van der Waals surface area contributed by atoms with E-state index in [0.717, 1.165) is 22.6 Å². The number of para-hydroxylation sites is 2. The van der Waals surface area contributed by atoms with Gasteiger partial charge in [-0.25, -0.2) is 0 Å². The fraction of sp³-hybridized carbons (Fsp3) is 0.0769. The van der Waals surface area contributed by atoms with Gasteiger partial charge in [0.05, 0.1) is 0 Å². The van der Waals surface area contributed by atoms with Crippen LogP contribution in [0.4, 0.5) is 11.4 Å². The van der Waals surface area contributed by atoms with Crippen LogP contribution < -0.4 is 30.4 Å². The molecule has 6 rings (SSSR count). The number of hydrogen-bond donors (Lipinski definition) is 2. The summed E-state index contributed by atoms with van der Waals surface area (Å²) >= 11 is 0. The number of hydrogen-bond acceptors (Lipinski definition) is 6. The average Bonchev–Trinajstić information content (AvgIpc) is 3.02. The highest BCUT2D eigenvalue weighted by Gasteiger charge is 2.23. The summed E-state index contributed by atoms with van der Waals surface area (Å²) in [5.74, 6) is 5.28. The van der Waals surface area contributed by atoms with Crippen molar-refractivity contribution in [1.29, 1.82) is 0 Å². The SMILES string of the molecule is CC(C)(c1ccc(Oc2cc(N)cc(Oc3ccccc3)c2)cc1)c1ccc(Oc2cc(N)cc(Oc3ccccc3)c2)cc1. The van der Waals surface area contributed by atoms with Gasteiger partial charge < -0.3 is 30.4 Å². The van der Waals surface area contributed by atoms with Crippen LogP contribution in [-0.2, 0) is 5.41 Å². The van der Waals surface area contributed by atoms with Crippen LogP contribution >= 0.6 is 0 Å². The van der Waals surface area contributed by atoms with Crippen molar-refractivity contribution in [2.45, 2.75) is 19.3 Å². The Hall–Kier alpha value is -5.88. The Kier molecular flexibility index (Phi) is 8.29. The van der Waals surface area contributed by atoms with E-state index in [-0.39, 0.29) is 5.41 Å². The van der Waals surface area contributed by atoms with Gasteiger partial charge in [-0.3, -0.25) is 0 Å². The van der Waals surface area contributed by atoms with Gasteiger partial charge in [-0.1, -0.05) is 74.5 Å². The first-order chi connectivity index (χ1) is 21.8. The molecular weight excluding hydrogens is 560 g/mol. The molecule has 0 heterocycles. The molecule has 0 aromatic heterocycles. The smallest absolute Gasteiger partial charge is 0.133 e. The predicted molar refractivity (Wildman–Crippen MR) is 180 cm³/mol. The summed E-state index contributed by atoms with van der Waals surface area (Å²) in [6, 6.07) is 46.0. The lowest BCUT2D eigenvalue weighted by Gasteiger charge is -2.26. The molecule has 0 aliphatic heterocycles. The molecule has 0 radical (unpaired) electrons. The zero-order valence-corrected chi connectivity index (χ0v) is 25.1. The van der Waals surface area contributed by atoms with Crippen LogP contribution in [0.5, 0.6) is 46.0 Å². The van der Waals surface area contributed by atoms with E-state index in [1.165, 1.54) is 0 Å². The molecule has 4 N–H and O–H groups in total. The minimum Gasteiger partial charge on any atom is -0.457 e. The second-order valence-electron chi connectivity index (χ2n) is 11.2. The maximum absolute atomic E-state index is 6.14. The van der Waals surface area contributed by atoms with Crippen molar-refractivity contribution in [1.82, 2.24) is 0 Å². The van der Waals surface area contributed by atoms with Gasteiger partial charge in [0.15, 0.2) is 0 Å². The topological polar surface area (TPSA) is 89.0 Å². The van der Waals surface area contributed by atoms with Crippen molar-refractivity contribution < 1.29 is 18.9 Å². The van der Waals surface area contributed by atoms with Gasteiger partial charge in [0.1, 0.15) is 46.0 Å². The standard InChI is InChI=1S/C39H34N2O4/c1-39(2,27-13-17-33(18-14-27)44-37-23-29(40)21-35(25-37)42-31-9-5-3-6-10-31)28-15-19-34(20-16-28)45-38-24-30(41)22-36(26-38)43-32-11-7-4-8-12-32/h3-26H,40-41H2,1-2H3. The molecule has 6 heteroatoms. The summed E-state index contributed by atoms with van der Waals surface area (Å²) in [6.07, 6.45) is 0. The van der Waals surface area contributed by atoms with E-state index in [1.807, 2.05) is 97.1 Å². The summed E-state index contributed by atoms with van der Waals surface area (Å²) in [4.78, 5) is 0. The fourth-order valence-electron chi connectivity index (χ4n) is 4.99. The van der Waals surface area contributed by atoms with Crippen LogP contribution in [0.2, 0.25) is 0 Å². The predicted octanol–water partition coefficient (Wildman–Crippen LogP) is 10.3. The fourth-order valence-corrected chi connectivity index (χ4v) is 4.99. The second kappa shape index (κ2) is 12.8. The summed E-state index contributed by atoms with van der Waals surface area (Å²) in [7, 11) is 0. The molecule has 6 aromatic rings. The van der Waals surface area contributed by atoms with Crippen LogP contribution in [0.25, 0.3) is 0 Å². The Bertz CT molecular complexity index is 1730. The van der Waals surface area contributed by atoms with Crippen molar-refractivity contribution >= 4 is 11.4 Å². The maximum Gasteiger partial charge on any atom is 0.133 e. The van der Waals surface area contributed by atoms with Gasteiger partial charge in [-0.05, 0) is 59.7 Å². The monoisotopic (exact) mass is 594 g/mol. The van der Waals surface area contributed by atoms with E-state index in [4.69, 9.17) is 30.4 Å². The molecular formula is C39H34N2O4. The normalized spacial score (nSPS) is 11.1. The van der Waals surface area contributed by atoms with Crippen molar-refractivity contribution in [3.05, 3.63) is 157 Å². The highest BCUT2D eigenvalue weighted by molar-refractivity contribution is 5.54. The molecule has 0 amide bonds. The third-order valence-corrected chi connectivity index (χ3v) is 7.39. The van der Waals surface area contributed by atoms with Crippen molar-refractivity contribution in [3.8, 4) is 46.0 Å². The molecule has 0 aliphatic rings. The number of benzene rings is 6. The van der Waals surface area contributed by atoms with Gasteiger partial charge in [0.2, 0.25) is 0 Å². The largest absolute Gasteiger partial charge is 0.457 e. The number of rotatable bonds is 10. The third-order valence-electron chi connectivity index (χ3n) is 7.39. The summed E-state index contributed by atoms with van der Waals surface area (Å²) in [5, 5.41) is 0. The van der Waals surface area contributed by atoms with Crippen LogP contribution in [-0.4, -0.2) is 0 Å². The second-order valence-corrected chi connectivity index (χ2v) is 11.2. The average molecular weight is 595 g/mol. The molecule has 6 aromatic carbocycles. The van der Waals surface area contributed by atoms with Crippen LogP contribution in [0, 0.1) is 0 Å². The Labute approximate surface area is 263 Å². The molecule has 0 unspecified atom stereocenters. The molecule has 45 heavy (non-hydrogen) atoms. The number of nitrogen functional groups attached to an aromatic ring is 2. The number of anilines is 2. The van der Waals surface area contributed by atoms with E-state index in [1.54, 1.807) is 24.3 Å². The molecule has 0 bridgehead atoms. The quantitative estimate of drug-likeness (QED) is 0.153. The highest BCUT2D eigenvalue weighted by atomic mass is 16.5. The first-order valence-electron chi connectivity index (χ1n) is 14.6. The number of nitrogens with two attached hydrogens (primary N) is 2. The Balaban J connectivity index is 1.12. The molecule has 0 aliphatic carbocycles. The van der Waals surface area contributed by atoms with Gasteiger partial charge in [0.25, 0.3) is 0 Å². The van der Waals surface area contributed by atoms with Gasteiger partial charge >= 0.3 is 0 Å². The minimum absolute atomic E-state index is 0.265. The lowest BCUT2D eigenvalue weighted by Crippen LogP contribution is -2.18. The molecule has 0 saturated heterocycles. The Morgan fingerprint density at radius 1 is 0.356 bits per heavy atom. The van der Waals surface area contributed by atoms with E-state index in [2.05, 4.69) is 38.1 Å². The van der Waals surface area contributed by atoms with E-state index in [0.29, 0.717) is 45.9 Å². The van der Waals surface area contributed by atoms with Crippen LogP contribution in [0.1, 0.15) is 25.0 Å². The van der Waals surface area contributed by atoms with Crippen molar-refractivity contribution in [2.75, 3.05) is 11.5 Å². The molecule has 0 fully saturated rings. The lowest BCUT2D eigenvalue weighted by atomic mass is 9.78. The highest BCUT2D eigenvalue weighted by Crippen LogP contribution is 2.37.